The summed E-state index contributed by atoms with van der Waals surface area (Å²) in [4.78, 5) is 0. The first-order valence-electron chi connectivity index (χ1n) is 5.71. The van der Waals surface area contributed by atoms with Crippen LogP contribution >= 0.6 is 22.6 Å². The smallest absolute Gasteiger partial charge is 0.272 e. The van der Waals surface area contributed by atoms with E-state index in [0.717, 1.165) is 15.3 Å². The lowest BCUT2D eigenvalue weighted by molar-refractivity contribution is -0.138. The summed E-state index contributed by atoms with van der Waals surface area (Å²) >= 11 is 2.14. The summed E-state index contributed by atoms with van der Waals surface area (Å²) in [6, 6.07) is 5.72. The molecular formula is C13H12F3IN2. The molecule has 0 radical (unpaired) electrons. The van der Waals surface area contributed by atoms with Crippen molar-refractivity contribution in [2.75, 3.05) is 0 Å². The minimum Gasteiger partial charge on any atom is -0.272 e. The van der Waals surface area contributed by atoms with Crippen LogP contribution in [0.1, 0.15) is 16.8 Å². The molecule has 0 aliphatic heterocycles. The zero-order valence-corrected chi connectivity index (χ0v) is 12.4. The van der Waals surface area contributed by atoms with Gasteiger partial charge in [0, 0.05) is 7.05 Å². The summed E-state index contributed by atoms with van der Waals surface area (Å²) in [5.41, 5.74) is 0.733. The van der Waals surface area contributed by atoms with Gasteiger partial charge in [0.05, 0.1) is 21.0 Å². The number of hydrogen-bond donors (Lipinski definition) is 0. The van der Waals surface area contributed by atoms with Crippen LogP contribution in [-0.2, 0) is 26.1 Å². The lowest BCUT2D eigenvalue weighted by Crippen LogP contribution is -2.10. The summed E-state index contributed by atoms with van der Waals surface area (Å²) in [6.45, 7) is 0. The Kier molecular flexibility index (Phi) is 4.17. The van der Waals surface area contributed by atoms with Gasteiger partial charge < -0.3 is 0 Å². The van der Waals surface area contributed by atoms with Gasteiger partial charge in [-0.15, -0.1) is 0 Å². The van der Waals surface area contributed by atoms with Crippen molar-refractivity contribution >= 4 is 22.6 Å². The van der Waals surface area contributed by atoms with Gasteiger partial charge >= 0.3 is 6.18 Å². The molecule has 0 bridgehead atoms. The monoisotopic (exact) mass is 380 g/mol. The molecular weight excluding hydrogens is 368 g/mol. The van der Waals surface area contributed by atoms with Crippen LogP contribution in [0.5, 0.6) is 0 Å². The molecule has 0 aliphatic rings. The highest BCUT2D eigenvalue weighted by Gasteiger charge is 2.32. The minimum absolute atomic E-state index is 0.326. The third-order valence-electron chi connectivity index (χ3n) is 2.96. The van der Waals surface area contributed by atoms with E-state index in [9.17, 15) is 13.2 Å². The standard InChI is InChI=1S/C13H12F3IN2/c1-19-12(11(17)8-18-19)7-6-9-4-2-3-5-10(9)13(14,15)16/h2-5,8H,6-7H2,1H3. The first-order chi connectivity index (χ1) is 8.89. The summed E-state index contributed by atoms with van der Waals surface area (Å²) in [6.07, 6.45) is -1.69. The van der Waals surface area contributed by atoms with Crippen LogP contribution in [-0.4, -0.2) is 9.78 Å². The maximum atomic E-state index is 12.9. The molecule has 102 valence electrons. The molecule has 1 aromatic carbocycles. The average molecular weight is 380 g/mol. The third-order valence-corrected chi connectivity index (χ3v) is 3.87. The van der Waals surface area contributed by atoms with Crippen molar-refractivity contribution in [3.05, 3.63) is 50.9 Å². The van der Waals surface area contributed by atoms with E-state index in [1.165, 1.54) is 12.1 Å². The van der Waals surface area contributed by atoms with E-state index in [1.54, 1.807) is 24.0 Å². The van der Waals surface area contributed by atoms with Gasteiger partial charge in [0.2, 0.25) is 0 Å². The fourth-order valence-corrected chi connectivity index (χ4v) is 2.73. The third kappa shape index (κ3) is 3.29. The van der Waals surface area contributed by atoms with E-state index in [0.29, 0.717) is 18.4 Å². The second-order valence-electron chi connectivity index (χ2n) is 4.22. The molecule has 0 N–H and O–H groups in total. The largest absolute Gasteiger partial charge is 0.416 e. The molecule has 1 aromatic heterocycles. The van der Waals surface area contributed by atoms with Gasteiger partial charge in [0.15, 0.2) is 0 Å². The molecule has 6 heteroatoms. The number of alkyl halides is 3. The number of nitrogens with zero attached hydrogens (tertiary/aromatic N) is 2. The first-order valence-corrected chi connectivity index (χ1v) is 6.79. The van der Waals surface area contributed by atoms with Crippen molar-refractivity contribution in [3.8, 4) is 0 Å². The van der Waals surface area contributed by atoms with Gasteiger partial charge in [0.1, 0.15) is 0 Å². The van der Waals surface area contributed by atoms with E-state index >= 15 is 0 Å². The van der Waals surface area contributed by atoms with Crippen LogP contribution in [0.4, 0.5) is 13.2 Å². The van der Waals surface area contributed by atoms with Crippen LogP contribution in [0.15, 0.2) is 30.5 Å². The molecule has 19 heavy (non-hydrogen) atoms. The average Bonchev–Trinajstić information content (AvgIpc) is 2.66. The number of aryl methyl sites for hydroxylation is 2. The lowest BCUT2D eigenvalue weighted by Gasteiger charge is -2.12. The molecule has 2 rings (SSSR count). The fourth-order valence-electron chi connectivity index (χ4n) is 1.99. The quantitative estimate of drug-likeness (QED) is 0.741. The predicted molar refractivity (Wildman–Crippen MR) is 74.8 cm³/mol. The van der Waals surface area contributed by atoms with Crippen molar-refractivity contribution in [2.24, 2.45) is 7.05 Å². The molecule has 2 aromatic rings. The van der Waals surface area contributed by atoms with Gasteiger partial charge in [-0.25, -0.2) is 0 Å². The Bertz CT molecular complexity index is 556. The number of aromatic nitrogens is 2. The Morgan fingerprint density at radius 2 is 1.89 bits per heavy atom. The lowest BCUT2D eigenvalue weighted by atomic mass is 10.0. The minimum atomic E-state index is -4.30. The normalized spacial score (nSPS) is 11.8. The number of hydrogen-bond acceptors (Lipinski definition) is 1. The second-order valence-corrected chi connectivity index (χ2v) is 5.38. The number of benzene rings is 1. The summed E-state index contributed by atoms with van der Waals surface area (Å²) < 4.78 is 41.2. The summed E-state index contributed by atoms with van der Waals surface area (Å²) in [5, 5.41) is 4.09. The number of halogens is 4. The zero-order valence-electron chi connectivity index (χ0n) is 10.2. The fraction of sp³-hybridized carbons (Fsp3) is 0.308. The Balaban J connectivity index is 2.21. The Morgan fingerprint density at radius 3 is 2.47 bits per heavy atom. The molecule has 0 saturated heterocycles. The van der Waals surface area contributed by atoms with Crippen LogP contribution in [0.25, 0.3) is 0 Å². The van der Waals surface area contributed by atoms with E-state index in [4.69, 9.17) is 0 Å². The molecule has 0 fully saturated rings. The molecule has 2 nitrogen and oxygen atoms in total. The van der Waals surface area contributed by atoms with E-state index in [-0.39, 0.29) is 0 Å². The molecule has 0 amide bonds. The van der Waals surface area contributed by atoms with Crippen molar-refractivity contribution in [2.45, 2.75) is 19.0 Å². The van der Waals surface area contributed by atoms with Crippen LogP contribution in [0, 0.1) is 3.57 Å². The highest BCUT2D eigenvalue weighted by atomic mass is 127. The molecule has 0 spiro atoms. The van der Waals surface area contributed by atoms with Gasteiger partial charge in [-0.3, -0.25) is 4.68 Å². The molecule has 0 saturated carbocycles. The maximum absolute atomic E-state index is 12.9. The van der Waals surface area contributed by atoms with E-state index < -0.39 is 11.7 Å². The molecule has 0 unspecified atom stereocenters. The van der Waals surface area contributed by atoms with Crippen molar-refractivity contribution < 1.29 is 13.2 Å². The van der Waals surface area contributed by atoms with Gasteiger partial charge in [0.25, 0.3) is 0 Å². The molecule has 1 heterocycles. The zero-order chi connectivity index (χ0) is 14.0. The summed E-state index contributed by atoms with van der Waals surface area (Å²) in [7, 11) is 1.80. The van der Waals surface area contributed by atoms with Crippen molar-refractivity contribution in [3.63, 3.8) is 0 Å². The summed E-state index contributed by atoms with van der Waals surface area (Å²) in [5.74, 6) is 0. The second kappa shape index (κ2) is 5.52. The predicted octanol–water partition coefficient (Wildman–Crippen LogP) is 3.83. The molecule has 0 aliphatic carbocycles. The molecule has 0 atom stereocenters. The maximum Gasteiger partial charge on any atom is 0.416 e. The Morgan fingerprint density at radius 1 is 1.21 bits per heavy atom. The van der Waals surface area contributed by atoms with Crippen molar-refractivity contribution in [1.82, 2.24) is 9.78 Å². The Hall–Kier alpha value is -1.05. The first kappa shape index (κ1) is 14.4. The van der Waals surface area contributed by atoms with Crippen molar-refractivity contribution in [1.29, 1.82) is 0 Å². The highest BCUT2D eigenvalue weighted by molar-refractivity contribution is 14.1. The van der Waals surface area contributed by atoms with Gasteiger partial charge in [-0.2, -0.15) is 18.3 Å². The topological polar surface area (TPSA) is 17.8 Å². The van der Waals surface area contributed by atoms with Crippen LogP contribution < -0.4 is 0 Å². The van der Waals surface area contributed by atoms with Gasteiger partial charge in [-0.05, 0) is 47.1 Å². The van der Waals surface area contributed by atoms with E-state index in [1.807, 2.05) is 0 Å². The van der Waals surface area contributed by atoms with Crippen LogP contribution in [0.3, 0.4) is 0 Å². The SMILES string of the molecule is Cn1ncc(I)c1CCc1ccccc1C(F)(F)F. The number of rotatable bonds is 3. The Labute approximate surface area is 122 Å². The van der Waals surface area contributed by atoms with Crippen LogP contribution in [0.2, 0.25) is 0 Å². The highest BCUT2D eigenvalue weighted by Crippen LogP contribution is 2.32. The van der Waals surface area contributed by atoms with E-state index in [2.05, 4.69) is 27.7 Å². The van der Waals surface area contributed by atoms with Gasteiger partial charge in [-0.1, -0.05) is 18.2 Å².